The van der Waals surface area contributed by atoms with Gasteiger partial charge in [-0.15, -0.1) is 0 Å². The van der Waals surface area contributed by atoms with E-state index in [4.69, 9.17) is 5.73 Å². The molecule has 19 heavy (non-hydrogen) atoms. The summed E-state index contributed by atoms with van der Waals surface area (Å²) in [4.78, 5) is 4.25. The molecule has 1 atom stereocenters. The van der Waals surface area contributed by atoms with E-state index in [1.807, 2.05) is 35.0 Å². The van der Waals surface area contributed by atoms with Gasteiger partial charge >= 0.3 is 0 Å². The van der Waals surface area contributed by atoms with E-state index in [9.17, 15) is 5.11 Å². The molecule has 0 amide bonds. The van der Waals surface area contributed by atoms with E-state index in [1.54, 1.807) is 4.68 Å². The van der Waals surface area contributed by atoms with Crippen LogP contribution in [0, 0.1) is 13.8 Å². The van der Waals surface area contributed by atoms with E-state index in [0.717, 1.165) is 24.5 Å². The molecule has 0 aliphatic rings. The topological polar surface area (TPSA) is 70.5 Å². The zero-order chi connectivity index (χ0) is 14.6. The molecule has 0 spiro atoms. The minimum Gasteiger partial charge on any atom is -0.396 e. The largest absolute Gasteiger partial charge is 0.396 e. The summed E-state index contributed by atoms with van der Waals surface area (Å²) in [5.74, 6) is 0. The number of aromatic nitrogens is 2. The molecule has 6 nitrogen and oxygen atoms in total. The maximum atomic E-state index is 10.1. The third kappa shape index (κ3) is 4.81. The van der Waals surface area contributed by atoms with Gasteiger partial charge in [0.1, 0.15) is 0 Å². The number of nitrogens with zero attached hydrogens (tertiary/aromatic N) is 4. The first-order valence-electron chi connectivity index (χ1n) is 6.62. The fourth-order valence-electron chi connectivity index (χ4n) is 1.97. The number of rotatable bonds is 7. The highest BCUT2D eigenvalue weighted by Gasteiger charge is 2.13. The molecule has 0 aliphatic heterocycles. The van der Waals surface area contributed by atoms with Crippen molar-refractivity contribution < 1.29 is 5.11 Å². The second-order valence-corrected chi connectivity index (χ2v) is 5.49. The number of aryl methyl sites for hydroxylation is 1. The van der Waals surface area contributed by atoms with Crippen LogP contribution in [0.4, 0.5) is 5.69 Å². The third-order valence-electron chi connectivity index (χ3n) is 3.27. The smallest absolute Gasteiger partial charge is 0.0862 e. The lowest BCUT2D eigenvalue weighted by molar-refractivity contribution is 0.103. The molecule has 1 rings (SSSR count). The van der Waals surface area contributed by atoms with Crippen LogP contribution in [0.25, 0.3) is 0 Å². The van der Waals surface area contributed by atoms with E-state index in [2.05, 4.69) is 14.9 Å². The van der Waals surface area contributed by atoms with Crippen LogP contribution in [0.3, 0.4) is 0 Å². The SMILES string of the molecule is Cc1nn(CC(O)CN(C)CCN(C)C)c(C)c1N. The maximum absolute atomic E-state index is 10.1. The molecule has 3 N–H and O–H groups in total. The lowest BCUT2D eigenvalue weighted by atomic mass is 10.3. The van der Waals surface area contributed by atoms with Crippen molar-refractivity contribution in [3.63, 3.8) is 0 Å². The normalized spacial score (nSPS) is 13.5. The summed E-state index contributed by atoms with van der Waals surface area (Å²) in [6, 6.07) is 0. The molecule has 0 saturated heterocycles. The average molecular weight is 269 g/mol. The van der Waals surface area contributed by atoms with Crippen LogP contribution in [0.15, 0.2) is 0 Å². The number of aliphatic hydroxyl groups excluding tert-OH is 1. The molecule has 0 fully saturated rings. The van der Waals surface area contributed by atoms with Crippen molar-refractivity contribution in [1.82, 2.24) is 19.6 Å². The van der Waals surface area contributed by atoms with Crippen LogP contribution in [0.2, 0.25) is 0 Å². The molecule has 0 aromatic carbocycles. The average Bonchev–Trinajstić information content (AvgIpc) is 2.54. The molecule has 1 aromatic rings. The Bertz CT molecular complexity index is 402. The van der Waals surface area contributed by atoms with Crippen LogP contribution < -0.4 is 5.73 Å². The third-order valence-corrected chi connectivity index (χ3v) is 3.27. The molecule has 0 saturated carbocycles. The summed E-state index contributed by atoms with van der Waals surface area (Å²) in [6.45, 7) is 6.84. The van der Waals surface area contributed by atoms with Crippen LogP contribution in [0.1, 0.15) is 11.4 Å². The Balaban J connectivity index is 2.46. The Labute approximate surface area is 115 Å². The standard InChI is InChI=1S/C13H27N5O/c1-10-13(14)11(2)18(15-10)9-12(19)8-17(5)7-6-16(3)4/h12,19H,6-9,14H2,1-5H3. The van der Waals surface area contributed by atoms with Gasteiger partial charge in [-0.05, 0) is 35.0 Å². The lowest BCUT2D eigenvalue weighted by Crippen LogP contribution is -2.36. The molecule has 110 valence electrons. The van der Waals surface area contributed by atoms with Gasteiger partial charge in [0.05, 0.1) is 29.7 Å². The Morgan fingerprint density at radius 1 is 1.26 bits per heavy atom. The minimum atomic E-state index is -0.440. The van der Waals surface area contributed by atoms with Gasteiger partial charge in [-0.25, -0.2) is 0 Å². The molecule has 0 radical (unpaired) electrons. The second kappa shape index (κ2) is 6.88. The predicted octanol–water partition coefficient (Wildman–Crippen LogP) is -0.0636. The molecule has 1 heterocycles. The molecule has 1 aromatic heterocycles. The number of hydrogen-bond donors (Lipinski definition) is 2. The van der Waals surface area contributed by atoms with Crippen molar-refractivity contribution in [3.05, 3.63) is 11.4 Å². The monoisotopic (exact) mass is 269 g/mol. The number of aliphatic hydroxyl groups is 1. The number of hydrogen-bond acceptors (Lipinski definition) is 5. The van der Waals surface area contributed by atoms with Crippen LogP contribution in [0.5, 0.6) is 0 Å². The zero-order valence-corrected chi connectivity index (χ0v) is 12.7. The minimum absolute atomic E-state index is 0.440. The van der Waals surface area contributed by atoms with Crippen molar-refractivity contribution >= 4 is 5.69 Å². The molecule has 6 heteroatoms. The molecule has 1 unspecified atom stereocenters. The van der Waals surface area contributed by atoms with Crippen molar-refractivity contribution in [2.24, 2.45) is 0 Å². The number of anilines is 1. The van der Waals surface area contributed by atoms with Crippen LogP contribution in [-0.2, 0) is 6.54 Å². The van der Waals surface area contributed by atoms with E-state index in [1.165, 1.54) is 0 Å². The Kier molecular flexibility index (Phi) is 5.78. The first kappa shape index (κ1) is 15.9. The summed E-state index contributed by atoms with van der Waals surface area (Å²) >= 11 is 0. The quantitative estimate of drug-likeness (QED) is 0.725. The Hall–Kier alpha value is -1.11. The van der Waals surface area contributed by atoms with Gasteiger partial charge in [0, 0.05) is 19.6 Å². The highest BCUT2D eigenvalue weighted by Crippen LogP contribution is 2.15. The zero-order valence-electron chi connectivity index (χ0n) is 12.7. The van der Waals surface area contributed by atoms with Crippen LogP contribution in [-0.4, -0.2) is 71.6 Å². The summed E-state index contributed by atoms with van der Waals surface area (Å²) < 4.78 is 1.79. The first-order valence-corrected chi connectivity index (χ1v) is 6.62. The Morgan fingerprint density at radius 2 is 1.89 bits per heavy atom. The van der Waals surface area contributed by atoms with Crippen LogP contribution >= 0.6 is 0 Å². The van der Waals surface area contributed by atoms with E-state index in [-0.39, 0.29) is 0 Å². The van der Waals surface area contributed by atoms with Crippen molar-refractivity contribution in [2.75, 3.05) is 46.5 Å². The molecule has 0 bridgehead atoms. The number of nitrogens with two attached hydrogens (primary N) is 1. The van der Waals surface area contributed by atoms with Gasteiger partial charge in [0.2, 0.25) is 0 Å². The highest BCUT2D eigenvalue weighted by atomic mass is 16.3. The van der Waals surface area contributed by atoms with Gasteiger partial charge in [-0.2, -0.15) is 5.10 Å². The second-order valence-electron chi connectivity index (χ2n) is 5.49. The van der Waals surface area contributed by atoms with Gasteiger partial charge in [0.15, 0.2) is 0 Å². The van der Waals surface area contributed by atoms with Crippen molar-refractivity contribution in [1.29, 1.82) is 0 Å². The predicted molar refractivity (Wildman–Crippen MR) is 78.2 cm³/mol. The summed E-state index contributed by atoms with van der Waals surface area (Å²) in [6.07, 6.45) is -0.440. The highest BCUT2D eigenvalue weighted by molar-refractivity contribution is 5.46. The van der Waals surface area contributed by atoms with Gasteiger partial charge in [-0.3, -0.25) is 4.68 Å². The number of likely N-dealkylation sites (N-methyl/N-ethyl adjacent to an activating group) is 2. The molecule has 0 aliphatic carbocycles. The fraction of sp³-hybridized carbons (Fsp3) is 0.769. The van der Waals surface area contributed by atoms with E-state index in [0.29, 0.717) is 18.8 Å². The first-order chi connectivity index (χ1) is 8.81. The van der Waals surface area contributed by atoms with Gasteiger partial charge < -0.3 is 20.6 Å². The molecular formula is C13H27N5O. The number of nitrogen functional groups attached to an aromatic ring is 1. The van der Waals surface area contributed by atoms with Crippen molar-refractivity contribution in [3.8, 4) is 0 Å². The van der Waals surface area contributed by atoms with Gasteiger partial charge in [0.25, 0.3) is 0 Å². The fourth-order valence-corrected chi connectivity index (χ4v) is 1.97. The summed E-state index contributed by atoms with van der Waals surface area (Å²) in [5, 5.41) is 14.4. The maximum Gasteiger partial charge on any atom is 0.0862 e. The Morgan fingerprint density at radius 3 is 2.37 bits per heavy atom. The summed E-state index contributed by atoms with van der Waals surface area (Å²) in [7, 11) is 6.11. The van der Waals surface area contributed by atoms with Gasteiger partial charge in [-0.1, -0.05) is 0 Å². The molecular weight excluding hydrogens is 242 g/mol. The lowest BCUT2D eigenvalue weighted by Gasteiger charge is -2.22. The summed E-state index contributed by atoms with van der Waals surface area (Å²) in [5.41, 5.74) is 8.34. The van der Waals surface area contributed by atoms with E-state index < -0.39 is 6.10 Å². The van der Waals surface area contributed by atoms with E-state index >= 15 is 0 Å². The van der Waals surface area contributed by atoms with Crippen molar-refractivity contribution in [2.45, 2.75) is 26.5 Å².